The fourth-order valence-corrected chi connectivity index (χ4v) is 4.62. The Morgan fingerprint density at radius 2 is 1.84 bits per heavy atom. The van der Waals surface area contributed by atoms with Crippen LogP contribution in [0.3, 0.4) is 0 Å². The lowest BCUT2D eigenvalue weighted by atomic mass is 10.1. The normalized spacial score (nSPS) is 14.6. The van der Waals surface area contributed by atoms with Gasteiger partial charge in [0.1, 0.15) is 11.5 Å². The molecular weight excluding hydrogens is 408 g/mol. The smallest absolute Gasteiger partial charge is 0.275 e. The largest absolute Gasteiger partial charge is 0.354 e. The molecule has 31 heavy (non-hydrogen) atoms. The van der Waals surface area contributed by atoms with Gasteiger partial charge in [-0.15, -0.1) is 11.3 Å². The minimum absolute atomic E-state index is 0.0678. The lowest BCUT2D eigenvalue weighted by molar-refractivity contribution is 0.192. The van der Waals surface area contributed by atoms with Crippen LogP contribution >= 0.6 is 11.3 Å². The van der Waals surface area contributed by atoms with E-state index in [-0.39, 0.29) is 5.56 Å². The summed E-state index contributed by atoms with van der Waals surface area (Å²) < 4.78 is 1.58. The van der Waals surface area contributed by atoms with Crippen molar-refractivity contribution in [1.29, 1.82) is 5.26 Å². The molecule has 0 N–H and O–H groups in total. The van der Waals surface area contributed by atoms with Gasteiger partial charge in [0.15, 0.2) is 0 Å². The predicted octanol–water partition coefficient (Wildman–Crippen LogP) is 3.17. The van der Waals surface area contributed by atoms with Crippen LogP contribution in [0, 0.1) is 11.3 Å². The van der Waals surface area contributed by atoms with E-state index in [4.69, 9.17) is 10.4 Å². The van der Waals surface area contributed by atoms with Gasteiger partial charge in [-0.3, -0.25) is 9.69 Å². The molecule has 1 fully saturated rings. The Bertz CT molecular complexity index is 1320. The Morgan fingerprint density at radius 1 is 1.03 bits per heavy atom. The maximum atomic E-state index is 13.1. The number of anilines is 1. The van der Waals surface area contributed by atoms with E-state index in [9.17, 15) is 4.79 Å². The Labute approximate surface area is 183 Å². The third-order valence-corrected chi connectivity index (χ3v) is 6.40. The highest BCUT2D eigenvalue weighted by Crippen LogP contribution is 2.28. The predicted molar refractivity (Wildman–Crippen MR) is 122 cm³/mol. The second-order valence-electron chi connectivity index (χ2n) is 7.44. The summed E-state index contributed by atoms with van der Waals surface area (Å²) >= 11 is 1.62. The molecule has 0 radical (unpaired) electrons. The molecule has 3 aromatic heterocycles. The number of rotatable bonds is 4. The van der Waals surface area contributed by atoms with E-state index in [1.165, 1.54) is 0 Å². The SMILES string of the molecule is N#Cc1ccnc(N2CCN(Cn3nc(-c4cccs4)c4ccccc4c3=O)CC2)c1. The van der Waals surface area contributed by atoms with Gasteiger partial charge in [-0.05, 0) is 29.6 Å². The van der Waals surface area contributed by atoms with Gasteiger partial charge in [-0.2, -0.15) is 10.4 Å². The fraction of sp³-hybridized carbons (Fsp3) is 0.217. The molecule has 5 rings (SSSR count). The molecule has 1 aromatic carbocycles. The van der Waals surface area contributed by atoms with Crippen molar-refractivity contribution >= 4 is 27.9 Å². The van der Waals surface area contributed by atoms with E-state index in [0.717, 1.165) is 48.0 Å². The van der Waals surface area contributed by atoms with Gasteiger partial charge in [-0.25, -0.2) is 9.67 Å². The van der Waals surface area contributed by atoms with E-state index < -0.39 is 0 Å². The van der Waals surface area contributed by atoms with Crippen LogP contribution in [-0.2, 0) is 6.67 Å². The lowest BCUT2D eigenvalue weighted by Gasteiger charge is -2.35. The first-order chi connectivity index (χ1) is 15.2. The molecule has 7 nitrogen and oxygen atoms in total. The summed E-state index contributed by atoms with van der Waals surface area (Å²) in [5.41, 5.74) is 1.39. The minimum Gasteiger partial charge on any atom is -0.354 e. The van der Waals surface area contributed by atoms with Crippen LogP contribution in [-0.4, -0.2) is 45.8 Å². The first-order valence-corrected chi connectivity index (χ1v) is 11.0. The summed E-state index contributed by atoms with van der Waals surface area (Å²) in [4.78, 5) is 23.0. The Balaban J connectivity index is 1.39. The molecule has 0 aliphatic carbocycles. The van der Waals surface area contributed by atoms with Gasteiger partial charge < -0.3 is 4.90 Å². The zero-order chi connectivity index (χ0) is 21.2. The monoisotopic (exact) mass is 428 g/mol. The van der Waals surface area contributed by atoms with Gasteiger partial charge in [0.25, 0.3) is 5.56 Å². The van der Waals surface area contributed by atoms with Gasteiger partial charge in [0, 0.05) is 37.8 Å². The molecule has 1 saturated heterocycles. The van der Waals surface area contributed by atoms with Crippen molar-refractivity contribution in [2.75, 3.05) is 31.1 Å². The van der Waals surface area contributed by atoms with Crippen LogP contribution in [0.15, 0.2) is 64.9 Å². The first kappa shape index (κ1) is 19.4. The summed E-state index contributed by atoms with van der Waals surface area (Å²) in [5, 5.41) is 17.5. The van der Waals surface area contributed by atoms with Crippen molar-refractivity contribution in [3.05, 3.63) is 76.0 Å². The zero-order valence-corrected chi connectivity index (χ0v) is 17.6. The molecular formula is C23H20N6OS. The summed E-state index contributed by atoms with van der Waals surface area (Å²) in [7, 11) is 0. The molecule has 0 bridgehead atoms. The standard InChI is InChI=1S/C23H20N6OS/c24-15-17-7-8-25-21(14-17)28-11-9-27(10-12-28)16-29-23(30)19-5-2-1-4-18(19)22(26-29)20-6-3-13-31-20/h1-8,13-14H,9-12,16H2. The molecule has 0 atom stereocenters. The summed E-state index contributed by atoms with van der Waals surface area (Å²) in [6, 6.07) is 17.4. The second-order valence-corrected chi connectivity index (χ2v) is 8.38. The average Bonchev–Trinajstić information content (AvgIpc) is 3.36. The minimum atomic E-state index is -0.0678. The zero-order valence-electron chi connectivity index (χ0n) is 16.8. The second kappa shape index (κ2) is 8.30. The van der Waals surface area contributed by atoms with Gasteiger partial charge in [0.2, 0.25) is 0 Å². The third kappa shape index (κ3) is 3.81. The molecule has 0 amide bonds. The van der Waals surface area contributed by atoms with E-state index in [0.29, 0.717) is 17.6 Å². The Kier molecular flexibility index (Phi) is 5.20. The number of benzene rings is 1. The topological polar surface area (TPSA) is 78.1 Å². The number of piperazine rings is 1. The Hall–Kier alpha value is -3.54. The van der Waals surface area contributed by atoms with Crippen molar-refractivity contribution in [2.45, 2.75) is 6.67 Å². The van der Waals surface area contributed by atoms with Crippen LogP contribution in [0.5, 0.6) is 0 Å². The van der Waals surface area contributed by atoms with Gasteiger partial charge >= 0.3 is 0 Å². The quantitative estimate of drug-likeness (QED) is 0.497. The number of hydrogen-bond donors (Lipinski definition) is 0. The van der Waals surface area contributed by atoms with Gasteiger partial charge in [0.05, 0.1) is 28.6 Å². The number of thiophene rings is 1. The van der Waals surface area contributed by atoms with Crippen LogP contribution in [0.25, 0.3) is 21.3 Å². The van der Waals surface area contributed by atoms with Crippen molar-refractivity contribution in [3.8, 4) is 16.6 Å². The van der Waals surface area contributed by atoms with Crippen LogP contribution in [0.2, 0.25) is 0 Å². The highest BCUT2D eigenvalue weighted by Gasteiger charge is 2.20. The number of hydrogen-bond acceptors (Lipinski definition) is 7. The molecule has 4 heterocycles. The molecule has 1 aliphatic rings. The molecule has 154 valence electrons. The molecule has 0 spiro atoms. The van der Waals surface area contributed by atoms with E-state index >= 15 is 0 Å². The van der Waals surface area contributed by atoms with Crippen LogP contribution < -0.4 is 10.5 Å². The van der Waals surface area contributed by atoms with Crippen LogP contribution in [0.1, 0.15) is 5.56 Å². The summed E-state index contributed by atoms with van der Waals surface area (Å²) in [6.45, 7) is 3.58. The molecule has 0 saturated carbocycles. The van der Waals surface area contributed by atoms with Crippen molar-refractivity contribution in [3.63, 3.8) is 0 Å². The molecule has 1 aliphatic heterocycles. The Morgan fingerprint density at radius 3 is 2.58 bits per heavy atom. The van der Waals surface area contributed by atoms with Crippen molar-refractivity contribution < 1.29 is 0 Å². The lowest BCUT2D eigenvalue weighted by Crippen LogP contribution is -2.48. The van der Waals surface area contributed by atoms with Crippen molar-refractivity contribution in [1.82, 2.24) is 19.7 Å². The third-order valence-electron chi connectivity index (χ3n) is 5.53. The highest BCUT2D eigenvalue weighted by atomic mass is 32.1. The summed E-state index contributed by atoms with van der Waals surface area (Å²) in [5.74, 6) is 0.819. The number of fused-ring (bicyclic) bond motifs is 1. The highest BCUT2D eigenvalue weighted by molar-refractivity contribution is 7.13. The fourth-order valence-electron chi connectivity index (χ4n) is 3.90. The molecule has 8 heteroatoms. The molecule has 0 unspecified atom stereocenters. The number of pyridine rings is 1. The van der Waals surface area contributed by atoms with Gasteiger partial charge in [-0.1, -0.05) is 24.3 Å². The van der Waals surface area contributed by atoms with Crippen molar-refractivity contribution in [2.24, 2.45) is 0 Å². The first-order valence-electron chi connectivity index (χ1n) is 10.1. The van der Waals surface area contributed by atoms with E-state index in [1.807, 2.05) is 47.8 Å². The molecule has 4 aromatic rings. The number of nitriles is 1. The number of nitrogens with zero attached hydrogens (tertiary/aromatic N) is 6. The average molecular weight is 429 g/mol. The maximum Gasteiger partial charge on any atom is 0.275 e. The summed E-state index contributed by atoms with van der Waals surface area (Å²) in [6.07, 6.45) is 1.67. The number of aromatic nitrogens is 3. The van der Waals surface area contributed by atoms with E-state index in [1.54, 1.807) is 28.3 Å². The maximum absolute atomic E-state index is 13.1. The van der Waals surface area contributed by atoms with Crippen LogP contribution in [0.4, 0.5) is 5.82 Å². The van der Waals surface area contributed by atoms with E-state index in [2.05, 4.69) is 20.9 Å².